The van der Waals surface area contributed by atoms with E-state index in [1.54, 1.807) is 0 Å². The Morgan fingerprint density at radius 1 is 1.21 bits per heavy atom. The largest absolute Gasteiger partial charge is 0.464 e. The topological polar surface area (TPSA) is 64.6 Å². The van der Waals surface area contributed by atoms with Crippen LogP contribution in [-0.2, 0) is 14.3 Å². The molecule has 0 bridgehead atoms. The number of unbranched alkanes of at least 4 members (excludes halogenated alkanes) is 2. The summed E-state index contributed by atoms with van der Waals surface area (Å²) in [4.78, 5) is 23.1. The maximum atomic E-state index is 11.8. The van der Waals surface area contributed by atoms with Crippen LogP contribution >= 0.6 is 0 Å². The molecule has 0 spiro atoms. The van der Waals surface area contributed by atoms with E-state index in [0.29, 0.717) is 13.0 Å². The van der Waals surface area contributed by atoms with Gasteiger partial charge in [-0.25, -0.2) is 9.59 Å². The highest BCUT2D eigenvalue weighted by Gasteiger charge is 2.21. The highest BCUT2D eigenvalue weighted by Crippen LogP contribution is 2.02. The molecule has 0 aliphatic carbocycles. The van der Waals surface area contributed by atoms with Crippen LogP contribution in [0.2, 0.25) is 0 Å². The first-order valence-electron chi connectivity index (χ1n) is 6.69. The van der Waals surface area contributed by atoms with Crippen molar-refractivity contribution in [3.63, 3.8) is 0 Å². The van der Waals surface area contributed by atoms with Crippen LogP contribution in [0.3, 0.4) is 0 Å². The van der Waals surface area contributed by atoms with Gasteiger partial charge in [-0.3, -0.25) is 0 Å². The summed E-state index contributed by atoms with van der Waals surface area (Å²) in [5.74, 6) is 1.76. The Bertz CT molecular complexity index is 309. The third-order valence-electron chi connectivity index (χ3n) is 2.43. The van der Waals surface area contributed by atoms with Gasteiger partial charge in [0.2, 0.25) is 0 Å². The molecule has 0 aliphatic rings. The Morgan fingerprint density at radius 3 is 2.53 bits per heavy atom. The van der Waals surface area contributed by atoms with Crippen molar-refractivity contribution >= 4 is 12.1 Å². The van der Waals surface area contributed by atoms with Crippen LogP contribution in [0.4, 0.5) is 4.79 Å². The fourth-order valence-electron chi connectivity index (χ4n) is 1.45. The number of alkyl carbamates (subject to hydrolysis) is 1. The molecule has 0 fully saturated rings. The third kappa shape index (κ3) is 8.95. The quantitative estimate of drug-likeness (QED) is 0.396. The van der Waals surface area contributed by atoms with E-state index in [4.69, 9.17) is 11.2 Å². The normalized spacial score (nSPS) is 11.2. The fourth-order valence-corrected chi connectivity index (χ4v) is 1.45. The van der Waals surface area contributed by atoms with Crippen molar-refractivity contribution in [3.05, 3.63) is 0 Å². The summed E-state index contributed by atoms with van der Waals surface area (Å²) in [6, 6.07) is -0.670. The summed E-state index contributed by atoms with van der Waals surface area (Å²) in [5.41, 5.74) is 0. The Kier molecular flexibility index (Phi) is 10.4. The molecule has 0 radical (unpaired) electrons. The van der Waals surface area contributed by atoms with Crippen molar-refractivity contribution in [1.82, 2.24) is 5.32 Å². The van der Waals surface area contributed by atoms with Crippen LogP contribution in [0, 0.1) is 12.3 Å². The van der Waals surface area contributed by atoms with Gasteiger partial charge in [-0.1, -0.05) is 39.0 Å². The molecule has 0 heterocycles. The first-order valence-corrected chi connectivity index (χ1v) is 6.69. The van der Waals surface area contributed by atoms with Gasteiger partial charge in [0, 0.05) is 0 Å². The molecule has 1 atom stereocenters. The Balaban J connectivity index is 4.11. The summed E-state index contributed by atoms with van der Waals surface area (Å²) >= 11 is 0. The van der Waals surface area contributed by atoms with Gasteiger partial charge < -0.3 is 14.8 Å². The number of carbonyl (C=O) groups excluding carboxylic acids is 2. The minimum absolute atomic E-state index is 0.115. The van der Waals surface area contributed by atoms with E-state index in [-0.39, 0.29) is 6.61 Å². The van der Waals surface area contributed by atoms with Crippen LogP contribution in [0.1, 0.15) is 46.0 Å². The van der Waals surface area contributed by atoms with Gasteiger partial charge >= 0.3 is 12.1 Å². The molecule has 1 amide bonds. The second-order valence-corrected chi connectivity index (χ2v) is 4.14. The number of amides is 1. The Hall–Kier alpha value is -1.70. The van der Waals surface area contributed by atoms with E-state index >= 15 is 0 Å². The maximum absolute atomic E-state index is 11.8. The van der Waals surface area contributed by atoms with Gasteiger partial charge in [-0.05, 0) is 12.8 Å². The molecule has 19 heavy (non-hydrogen) atoms. The second kappa shape index (κ2) is 11.4. The Labute approximate surface area is 115 Å². The van der Waals surface area contributed by atoms with E-state index in [1.807, 2.05) is 6.92 Å². The summed E-state index contributed by atoms with van der Waals surface area (Å²) in [6.45, 7) is 4.26. The first-order chi connectivity index (χ1) is 9.15. The lowest BCUT2D eigenvalue weighted by molar-refractivity contribution is -0.146. The van der Waals surface area contributed by atoms with Crippen LogP contribution < -0.4 is 5.32 Å². The zero-order valence-electron chi connectivity index (χ0n) is 11.7. The molecule has 108 valence electrons. The molecular weight excluding hydrogens is 246 g/mol. The number of carbonyl (C=O) groups is 2. The van der Waals surface area contributed by atoms with Crippen molar-refractivity contribution < 1.29 is 19.1 Å². The van der Waals surface area contributed by atoms with Gasteiger partial charge in [0.1, 0.15) is 6.04 Å². The molecule has 0 aromatic rings. The first kappa shape index (κ1) is 17.3. The second-order valence-electron chi connectivity index (χ2n) is 4.14. The highest BCUT2D eigenvalue weighted by atomic mass is 16.6. The number of hydrogen-bond donors (Lipinski definition) is 1. The minimum atomic E-state index is -0.693. The molecule has 0 aliphatic heterocycles. The predicted octanol–water partition coefficient (Wildman–Crippen LogP) is 2.25. The Morgan fingerprint density at radius 2 is 1.95 bits per heavy atom. The third-order valence-corrected chi connectivity index (χ3v) is 2.43. The summed E-state index contributed by atoms with van der Waals surface area (Å²) in [6.07, 6.45) is 8.46. The van der Waals surface area contributed by atoms with Crippen LogP contribution in [-0.4, -0.2) is 31.3 Å². The number of nitrogens with one attached hydrogen (secondary N) is 1. The van der Waals surface area contributed by atoms with Gasteiger partial charge in [-0.2, -0.15) is 0 Å². The van der Waals surface area contributed by atoms with Crippen molar-refractivity contribution in [3.8, 4) is 12.3 Å². The average molecular weight is 269 g/mol. The van der Waals surface area contributed by atoms with Gasteiger partial charge in [0.25, 0.3) is 0 Å². The molecule has 0 saturated carbocycles. The molecule has 1 N–H and O–H groups in total. The van der Waals surface area contributed by atoms with E-state index in [1.165, 1.54) is 0 Å². The van der Waals surface area contributed by atoms with Gasteiger partial charge in [0.05, 0.1) is 6.61 Å². The number of esters is 1. The van der Waals surface area contributed by atoms with E-state index in [9.17, 15) is 9.59 Å². The fraction of sp³-hybridized carbons (Fsp3) is 0.714. The lowest BCUT2D eigenvalue weighted by Gasteiger charge is -2.16. The van der Waals surface area contributed by atoms with Crippen molar-refractivity contribution in [2.75, 3.05) is 13.2 Å². The zero-order valence-corrected chi connectivity index (χ0v) is 11.7. The number of hydrogen-bond acceptors (Lipinski definition) is 4. The van der Waals surface area contributed by atoms with Crippen molar-refractivity contribution in [1.29, 1.82) is 0 Å². The van der Waals surface area contributed by atoms with Crippen molar-refractivity contribution in [2.24, 2.45) is 0 Å². The van der Waals surface area contributed by atoms with Crippen molar-refractivity contribution in [2.45, 2.75) is 52.0 Å². The molecule has 0 rings (SSSR count). The van der Waals surface area contributed by atoms with Gasteiger partial charge in [-0.15, -0.1) is 6.42 Å². The van der Waals surface area contributed by atoms with Gasteiger partial charge in [0.15, 0.2) is 6.61 Å². The molecule has 1 unspecified atom stereocenters. The average Bonchev–Trinajstić information content (AvgIpc) is 2.40. The van der Waals surface area contributed by atoms with E-state index < -0.39 is 18.1 Å². The molecule has 0 saturated heterocycles. The monoisotopic (exact) mass is 269 g/mol. The maximum Gasteiger partial charge on any atom is 0.408 e. The van der Waals surface area contributed by atoms with E-state index in [0.717, 1.165) is 25.7 Å². The standard InChI is InChI=1S/C14H23NO4/c1-4-7-8-11-18-13(16)12(9-5-2)15-14(17)19-10-6-3/h3,12H,4-5,7-11H2,1-2H3,(H,15,17). The number of ether oxygens (including phenoxy) is 2. The SMILES string of the molecule is C#CCOC(=O)NC(CCC)C(=O)OCCCCC. The minimum Gasteiger partial charge on any atom is -0.464 e. The number of rotatable bonds is 9. The molecule has 5 heteroatoms. The molecule has 5 nitrogen and oxygen atoms in total. The van der Waals surface area contributed by atoms with E-state index in [2.05, 4.69) is 22.9 Å². The zero-order chi connectivity index (χ0) is 14.5. The van der Waals surface area contributed by atoms with Crippen LogP contribution in [0.5, 0.6) is 0 Å². The lowest BCUT2D eigenvalue weighted by Crippen LogP contribution is -2.42. The van der Waals surface area contributed by atoms with Crippen LogP contribution in [0.25, 0.3) is 0 Å². The predicted molar refractivity (Wildman–Crippen MR) is 72.5 cm³/mol. The summed E-state index contributed by atoms with van der Waals surface area (Å²) < 4.78 is 9.78. The van der Waals surface area contributed by atoms with Crippen LogP contribution in [0.15, 0.2) is 0 Å². The molecule has 0 aromatic carbocycles. The summed E-state index contributed by atoms with van der Waals surface area (Å²) in [7, 11) is 0. The highest BCUT2D eigenvalue weighted by molar-refractivity contribution is 5.81. The molecular formula is C14H23NO4. The smallest absolute Gasteiger partial charge is 0.408 e. The summed E-state index contributed by atoms with van der Waals surface area (Å²) in [5, 5.41) is 2.46. The molecule has 0 aromatic heterocycles. The lowest BCUT2D eigenvalue weighted by atomic mass is 10.2. The number of terminal acetylenes is 1.